The summed E-state index contributed by atoms with van der Waals surface area (Å²) in [7, 11) is 0. The molecule has 2 amide bonds. The van der Waals surface area contributed by atoms with E-state index in [0.717, 1.165) is 6.42 Å². The number of thioether (sulfide) groups is 1. The minimum atomic E-state index is -0.143. The molecule has 0 fully saturated rings. The molecule has 1 aromatic rings. The number of hydrogen-bond acceptors (Lipinski definition) is 4. The van der Waals surface area contributed by atoms with Gasteiger partial charge in [-0.25, -0.2) is 0 Å². The summed E-state index contributed by atoms with van der Waals surface area (Å²) in [6, 6.07) is 7.29. The van der Waals surface area contributed by atoms with Crippen molar-refractivity contribution in [2.75, 3.05) is 30.0 Å². The largest absolute Gasteiger partial charge is 0.492 e. The van der Waals surface area contributed by atoms with Crippen LogP contribution in [0.25, 0.3) is 0 Å². The molecule has 0 heterocycles. The first-order valence-electron chi connectivity index (χ1n) is 7.03. The van der Waals surface area contributed by atoms with Crippen molar-refractivity contribution in [3.8, 4) is 5.75 Å². The summed E-state index contributed by atoms with van der Waals surface area (Å²) in [5, 5.41) is 5.57. The van der Waals surface area contributed by atoms with E-state index in [1.165, 1.54) is 11.8 Å². The number of benzene rings is 1. The summed E-state index contributed by atoms with van der Waals surface area (Å²) in [5.74, 6) is 0.999. The van der Waals surface area contributed by atoms with Crippen molar-refractivity contribution in [3.05, 3.63) is 24.3 Å². The lowest BCUT2D eigenvalue weighted by molar-refractivity contribution is -0.118. The van der Waals surface area contributed by atoms with Crippen LogP contribution in [-0.2, 0) is 9.59 Å². The molecule has 5 nitrogen and oxygen atoms in total. The Morgan fingerprint density at radius 1 is 1.14 bits per heavy atom. The summed E-state index contributed by atoms with van der Waals surface area (Å²) in [6.45, 7) is 5.10. The molecular weight excluding hydrogens is 288 g/mol. The quantitative estimate of drug-likeness (QED) is 0.734. The summed E-state index contributed by atoms with van der Waals surface area (Å²) >= 11 is 1.29. The van der Waals surface area contributed by atoms with Crippen LogP contribution in [0.1, 0.15) is 20.3 Å². The normalized spacial score (nSPS) is 10.0. The van der Waals surface area contributed by atoms with Gasteiger partial charge in [0.15, 0.2) is 0 Å². The molecule has 0 aliphatic rings. The highest BCUT2D eigenvalue weighted by atomic mass is 32.2. The zero-order valence-electron chi connectivity index (χ0n) is 12.5. The SMILES string of the molecule is CCCNC(=O)CSCC(=O)Nc1ccccc1OCC. The Bertz CT molecular complexity index is 466. The van der Waals surface area contributed by atoms with Crippen molar-refractivity contribution in [1.82, 2.24) is 5.32 Å². The number of hydrogen-bond donors (Lipinski definition) is 2. The number of ether oxygens (including phenoxy) is 1. The molecular formula is C15H22N2O3S. The molecule has 0 atom stereocenters. The van der Waals surface area contributed by atoms with Gasteiger partial charge in [0.1, 0.15) is 5.75 Å². The number of anilines is 1. The summed E-state index contributed by atoms with van der Waals surface area (Å²) in [4.78, 5) is 23.2. The fraction of sp³-hybridized carbons (Fsp3) is 0.467. The maximum Gasteiger partial charge on any atom is 0.234 e. The van der Waals surface area contributed by atoms with E-state index < -0.39 is 0 Å². The predicted octanol–water partition coefficient (Wildman–Crippen LogP) is 2.28. The summed E-state index contributed by atoms with van der Waals surface area (Å²) < 4.78 is 5.44. The minimum Gasteiger partial charge on any atom is -0.492 e. The van der Waals surface area contributed by atoms with E-state index in [1.807, 2.05) is 32.0 Å². The highest BCUT2D eigenvalue weighted by Gasteiger charge is 2.08. The second kappa shape index (κ2) is 10.1. The van der Waals surface area contributed by atoms with Crippen molar-refractivity contribution in [2.24, 2.45) is 0 Å². The molecule has 0 spiro atoms. The van der Waals surface area contributed by atoms with Crippen LogP contribution >= 0.6 is 11.8 Å². The fourth-order valence-electron chi connectivity index (χ4n) is 1.59. The number of amides is 2. The average Bonchev–Trinajstić information content (AvgIpc) is 2.47. The van der Waals surface area contributed by atoms with Crippen LogP contribution in [-0.4, -0.2) is 36.5 Å². The highest BCUT2D eigenvalue weighted by molar-refractivity contribution is 8.00. The third kappa shape index (κ3) is 7.04. The van der Waals surface area contributed by atoms with Gasteiger partial charge < -0.3 is 15.4 Å². The molecule has 0 unspecified atom stereocenters. The van der Waals surface area contributed by atoms with E-state index in [0.29, 0.717) is 30.3 Å². The second-order valence-corrected chi connectivity index (χ2v) is 5.31. The van der Waals surface area contributed by atoms with Gasteiger partial charge >= 0.3 is 0 Å². The lowest BCUT2D eigenvalue weighted by atomic mass is 10.3. The van der Waals surface area contributed by atoms with E-state index in [1.54, 1.807) is 6.07 Å². The summed E-state index contributed by atoms with van der Waals surface area (Å²) in [6.07, 6.45) is 0.908. The number of carbonyl (C=O) groups is 2. The van der Waals surface area contributed by atoms with E-state index >= 15 is 0 Å². The first kappa shape index (κ1) is 17.4. The average molecular weight is 310 g/mol. The van der Waals surface area contributed by atoms with Crippen molar-refractivity contribution < 1.29 is 14.3 Å². The van der Waals surface area contributed by atoms with Gasteiger partial charge in [0, 0.05) is 6.54 Å². The van der Waals surface area contributed by atoms with Crippen LogP contribution in [0.3, 0.4) is 0 Å². The van der Waals surface area contributed by atoms with Crippen LogP contribution in [0.4, 0.5) is 5.69 Å². The van der Waals surface area contributed by atoms with Crippen molar-refractivity contribution in [3.63, 3.8) is 0 Å². The number of nitrogens with one attached hydrogen (secondary N) is 2. The predicted molar refractivity (Wildman–Crippen MR) is 86.9 cm³/mol. The van der Waals surface area contributed by atoms with Gasteiger partial charge in [0.2, 0.25) is 11.8 Å². The monoisotopic (exact) mass is 310 g/mol. The zero-order chi connectivity index (χ0) is 15.5. The van der Waals surface area contributed by atoms with Crippen molar-refractivity contribution >= 4 is 29.3 Å². The Hall–Kier alpha value is -1.69. The molecule has 6 heteroatoms. The van der Waals surface area contributed by atoms with Crippen molar-refractivity contribution in [2.45, 2.75) is 20.3 Å². The van der Waals surface area contributed by atoms with Crippen LogP contribution in [0, 0.1) is 0 Å². The zero-order valence-corrected chi connectivity index (χ0v) is 13.3. The Balaban J connectivity index is 2.35. The molecule has 0 saturated heterocycles. The number of rotatable bonds is 9. The van der Waals surface area contributed by atoms with E-state index in [2.05, 4.69) is 10.6 Å². The van der Waals surface area contributed by atoms with Gasteiger partial charge in [-0.3, -0.25) is 9.59 Å². The first-order chi connectivity index (χ1) is 10.2. The number of carbonyl (C=O) groups excluding carboxylic acids is 2. The molecule has 21 heavy (non-hydrogen) atoms. The van der Waals surface area contributed by atoms with E-state index in [4.69, 9.17) is 4.74 Å². The molecule has 0 bridgehead atoms. The smallest absolute Gasteiger partial charge is 0.234 e. The standard InChI is InChI=1S/C15H22N2O3S/c1-3-9-16-14(18)10-21-11-15(19)17-12-7-5-6-8-13(12)20-4-2/h5-8H,3-4,9-11H2,1-2H3,(H,16,18)(H,17,19). The molecule has 1 aromatic carbocycles. The maximum atomic E-state index is 11.8. The fourth-order valence-corrected chi connectivity index (χ4v) is 2.24. The van der Waals surface area contributed by atoms with Gasteiger partial charge in [-0.2, -0.15) is 0 Å². The molecule has 0 radical (unpaired) electrons. The van der Waals surface area contributed by atoms with Gasteiger partial charge in [0.05, 0.1) is 23.8 Å². The third-order valence-corrected chi connectivity index (χ3v) is 3.43. The second-order valence-electron chi connectivity index (χ2n) is 4.32. The Labute approximate surface area is 129 Å². The Kier molecular flexibility index (Phi) is 8.35. The topological polar surface area (TPSA) is 67.4 Å². The summed E-state index contributed by atoms with van der Waals surface area (Å²) in [5.41, 5.74) is 0.653. The minimum absolute atomic E-state index is 0.0376. The third-order valence-electron chi connectivity index (χ3n) is 2.50. The highest BCUT2D eigenvalue weighted by Crippen LogP contribution is 2.23. The van der Waals surface area contributed by atoms with Crippen LogP contribution in [0.5, 0.6) is 5.75 Å². The van der Waals surface area contributed by atoms with Crippen LogP contribution < -0.4 is 15.4 Å². The van der Waals surface area contributed by atoms with Gasteiger partial charge in [-0.15, -0.1) is 11.8 Å². The lowest BCUT2D eigenvalue weighted by Crippen LogP contribution is -2.26. The molecule has 0 aliphatic heterocycles. The van der Waals surface area contributed by atoms with Crippen LogP contribution in [0.2, 0.25) is 0 Å². The Morgan fingerprint density at radius 2 is 1.86 bits per heavy atom. The molecule has 0 aliphatic carbocycles. The van der Waals surface area contributed by atoms with Crippen LogP contribution in [0.15, 0.2) is 24.3 Å². The molecule has 0 aromatic heterocycles. The van der Waals surface area contributed by atoms with Crippen molar-refractivity contribution in [1.29, 1.82) is 0 Å². The Morgan fingerprint density at radius 3 is 2.57 bits per heavy atom. The van der Waals surface area contributed by atoms with E-state index in [-0.39, 0.29) is 17.6 Å². The first-order valence-corrected chi connectivity index (χ1v) is 8.19. The lowest BCUT2D eigenvalue weighted by Gasteiger charge is -2.11. The maximum absolute atomic E-state index is 11.8. The van der Waals surface area contributed by atoms with Gasteiger partial charge in [-0.05, 0) is 25.5 Å². The molecule has 2 N–H and O–H groups in total. The molecule has 116 valence electrons. The molecule has 1 rings (SSSR count). The van der Waals surface area contributed by atoms with Gasteiger partial charge in [-0.1, -0.05) is 19.1 Å². The van der Waals surface area contributed by atoms with Gasteiger partial charge in [0.25, 0.3) is 0 Å². The number of para-hydroxylation sites is 2. The molecule has 0 saturated carbocycles. The van der Waals surface area contributed by atoms with E-state index in [9.17, 15) is 9.59 Å².